The third-order valence-corrected chi connectivity index (χ3v) is 4.86. The van der Waals surface area contributed by atoms with Gasteiger partial charge in [-0.2, -0.15) is 13.2 Å². The predicted octanol–water partition coefficient (Wildman–Crippen LogP) is 3.68. The first-order valence-electron chi connectivity index (χ1n) is 7.71. The molecule has 0 aliphatic heterocycles. The minimum atomic E-state index is -4.61. The lowest BCUT2D eigenvalue weighted by molar-refractivity contribution is -0.137. The Kier molecular flexibility index (Phi) is 5.84. The zero-order valence-corrected chi connectivity index (χ0v) is 15.8. The van der Waals surface area contributed by atoms with Gasteiger partial charge in [0.05, 0.1) is 22.5 Å². The van der Waals surface area contributed by atoms with Crippen molar-refractivity contribution in [3.63, 3.8) is 0 Å². The minimum Gasteiger partial charge on any atom is -0.325 e. The molecule has 2 heterocycles. The van der Waals surface area contributed by atoms with Gasteiger partial charge in [0.25, 0.3) is 0 Å². The van der Waals surface area contributed by atoms with Crippen LogP contribution in [0.5, 0.6) is 0 Å². The van der Waals surface area contributed by atoms with E-state index < -0.39 is 22.7 Å². The average molecular weight is 429 g/mol. The van der Waals surface area contributed by atoms with E-state index >= 15 is 0 Å². The van der Waals surface area contributed by atoms with Crippen molar-refractivity contribution < 1.29 is 18.0 Å². The van der Waals surface area contributed by atoms with Crippen molar-refractivity contribution in [1.82, 2.24) is 24.7 Å². The van der Waals surface area contributed by atoms with Crippen LogP contribution < -0.4 is 5.32 Å². The summed E-state index contributed by atoms with van der Waals surface area (Å²) in [5, 5.41) is 10.4. The second-order valence-electron chi connectivity index (χ2n) is 5.49. The van der Waals surface area contributed by atoms with E-state index in [1.54, 1.807) is 11.6 Å². The van der Waals surface area contributed by atoms with Gasteiger partial charge in [0.15, 0.2) is 11.0 Å². The zero-order valence-electron chi connectivity index (χ0n) is 14.2. The van der Waals surface area contributed by atoms with Crippen LogP contribution in [0, 0.1) is 0 Å². The van der Waals surface area contributed by atoms with E-state index in [1.807, 2.05) is 0 Å². The summed E-state index contributed by atoms with van der Waals surface area (Å²) >= 11 is 6.65. The van der Waals surface area contributed by atoms with Crippen LogP contribution in [0.3, 0.4) is 0 Å². The Hall–Kier alpha value is -2.66. The van der Waals surface area contributed by atoms with Crippen LogP contribution in [0.4, 0.5) is 18.9 Å². The van der Waals surface area contributed by atoms with E-state index in [4.69, 9.17) is 11.6 Å². The van der Waals surface area contributed by atoms with Crippen molar-refractivity contribution in [3.05, 3.63) is 47.4 Å². The summed E-state index contributed by atoms with van der Waals surface area (Å²) < 4.78 is 40.3. The molecule has 3 rings (SSSR count). The Balaban J connectivity index is 1.65. The molecule has 0 radical (unpaired) electrons. The van der Waals surface area contributed by atoms with E-state index in [-0.39, 0.29) is 11.4 Å². The normalized spacial score (nSPS) is 11.5. The fraction of sp³-hybridized carbons (Fsp3) is 0.188. The molecule has 0 saturated heterocycles. The number of hydrogen-bond acceptors (Lipinski definition) is 6. The standard InChI is InChI=1S/C16H12ClF3N6OS/c1-26-14(12-7-21-4-5-22-12)24-25-15(26)28-8-13(27)23-9-2-3-11(17)10(6-9)16(18,19)20/h2-7H,8H2,1H3,(H,23,27). The summed E-state index contributed by atoms with van der Waals surface area (Å²) in [6.45, 7) is 0. The fourth-order valence-electron chi connectivity index (χ4n) is 2.23. The van der Waals surface area contributed by atoms with Crippen LogP contribution in [0.15, 0.2) is 41.9 Å². The number of nitrogens with zero attached hydrogens (tertiary/aromatic N) is 5. The maximum absolute atomic E-state index is 12.9. The van der Waals surface area contributed by atoms with Gasteiger partial charge in [0.2, 0.25) is 5.91 Å². The van der Waals surface area contributed by atoms with Crippen LogP contribution in [0.2, 0.25) is 5.02 Å². The molecule has 0 saturated carbocycles. The Bertz CT molecular complexity index is 996. The number of amides is 1. The highest BCUT2D eigenvalue weighted by molar-refractivity contribution is 7.99. The lowest BCUT2D eigenvalue weighted by atomic mass is 10.2. The summed E-state index contributed by atoms with van der Waals surface area (Å²) in [4.78, 5) is 20.2. The first-order chi connectivity index (χ1) is 13.3. The molecule has 1 amide bonds. The quantitative estimate of drug-likeness (QED) is 0.624. The van der Waals surface area contributed by atoms with E-state index in [9.17, 15) is 18.0 Å². The number of carbonyl (C=O) groups excluding carboxylic acids is 1. The van der Waals surface area contributed by atoms with Gasteiger partial charge in [-0.25, -0.2) is 4.98 Å². The third kappa shape index (κ3) is 4.60. The molecule has 3 aromatic rings. The number of thioether (sulfide) groups is 1. The molecule has 0 spiro atoms. The highest BCUT2D eigenvalue weighted by Gasteiger charge is 2.33. The lowest BCUT2D eigenvalue weighted by Gasteiger charge is -2.11. The summed E-state index contributed by atoms with van der Waals surface area (Å²) in [7, 11) is 1.71. The number of rotatable bonds is 5. The van der Waals surface area contributed by atoms with Gasteiger partial charge in [-0.1, -0.05) is 23.4 Å². The molecular weight excluding hydrogens is 417 g/mol. The monoisotopic (exact) mass is 428 g/mol. The van der Waals surface area contributed by atoms with Crippen LogP contribution in [-0.4, -0.2) is 36.4 Å². The first-order valence-corrected chi connectivity index (χ1v) is 9.07. The zero-order chi connectivity index (χ0) is 20.3. The first kappa shape index (κ1) is 20.1. The second kappa shape index (κ2) is 8.15. The van der Waals surface area contributed by atoms with Gasteiger partial charge in [-0.05, 0) is 18.2 Å². The molecule has 0 aliphatic rings. The van der Waals surface area contributed by atoms with Gasteiger partial charge < -0.3 is 9.88 Å². The SMILES string of the molecule is Cn1c(SCC(=O)Nc2ccc(Cl)c(C(F)(F)F)c2)nnc1-c1cnccn1. The molecule has 2 aromatic heterocycles. The number of alkyl halides is 3. The second-order valence-corrected chi connectivity index (χ2v) is 6.83. The molecule has 146 valence electrons. The summed E-state index contributed by atoms with van der Waals surface area (Å²) in [6.07, 6.45) is -0.0295. The number of anilines is 1. The van der Waals surface area contributed by atoms with Gasteiger partial charge in [-0.15, -0.1) is 10.2 Å². The highest BCUT2D eigenvalue weighted by atomic mass is 35.5. The average Bonchev–Trinajstić information content (AvgIpc) is 3.02. The van der Waals surface area contributed by atoms with E-state index in [0.29, 0.717) is 16.7 Å². The topological polar surface area (TPSA) is 85.6 Å². The molecule has 0 atom stereocenters. The predicted molar refractivity (Wildman–Crippen MR) is 97.8 cm³/mol. The van der Waals surface area contributed by atoms with Crippen molar-refractivity contribution in [2.75, 3.05) is 11.1 Å². The molecule has 0 fully saturated rings. The van der Waals surface area contributed by atoms with Gasteiger partial charge >= 0.3 is 6.18 Å². The molecule has 1 aromatic carbocycles. The number of aromatic nitrogens is 5. The summed E-state index contributed by atoms with van der Waals surface area (Å²) in [5.74, 6) is -0.0933. The number of nitrogens with one attached hydrogen (secondary N) is 1. The summed E-state index contributed by atoms with van der Waals surface area (Å²) in [5.41, 5.74) is -0.489. The van der Waals surface area contributed by atoms with Crippen LogP contribution in [-0.2, 0) is 18.0 Å². The lowest BCUT2D eigenvalue weighted by Crippen LogP contribution is -2.15. The maximum Gasteiger partial charge on any atom is 0.417 e. The molecule has 7 nitrogen and oxygen atoms in total. The molecule has 0 bridgehead atoms. The van der Waals surface area contributed by atoms with Crippen LogP contribution in [0.1, 0.15) is 5.56 Å². The minimum absolute atomic E-state index is 0.000499. The Morgan fingerprint density at radius 2 is 2.07 bits per heavy atom. The fourth-order valence-corrected chi connectivity index (χ4v) is 3.16. The Labute approximate surface area is 166 Å². The largest absolute Gasteiger partial charge is 0.417 e. The number of carbonyl (C=O) groups is 1. The van der Waals surface area contributed by atoms with E-state index in [2.05, 4.69) is 25.5 Å². The molecule has 1 N–H and O–H groups in total. The third-order valence-electron chi connectivity index (χ3n) is 3.52. The molecule has 0 unspecified atom stereocenters. The van der Waals surface area contributed by atoms with Crippen molar-refractivity contribution >= 4 is 35.0 Å². The molecule has 28 heavy (non-hydrogen) atoms. The van der Waals surface area contributed by atoms with Crippen LogP contribution in [0.25, 0.3) is 11.5 Å². The Morgan fingerprint density at radius 3 is 2.75 bits per heavy atom. The van der Waals surface area contributed by atoms with Gasteiger partial charge in [-0.3, -0.25) is 9.78 Å². The number of halogens is 4. The van der Waals surface area contributed by atoms with Crippen LogP contribution >= 0.6 is 23.4 Å². The highest BCUT2D eigenvalue weighted by Crippen LogP contribution is 2.36. The van der Waals surface area contributed by atoms with E-state index in [1.165, 1.54) is 24.7 Å². The van der Waals surface area contributed by atoms with E-state index in [0.717, 1.165) is 23.9 Å². The Morgan fingerprint density at radius 1 is 1.29 bits per heavy atom. The van der Waals surface area contributed by atoms with Gasteiger partial charge in [0.1, 0.15) is 5.69 Å². The van der Waals surface area contributed by atoms with Crippen molar-refractivity contribution in [2.24, 2.45) is 7.05 Å². The number of hydrogen-bond donors (Lipinski definition) is 1. The van der Waals surface area contributed by atoms with Crippen molar-refractivity contribution in [3.8, 4) is 11.5 Å². The van der Waals surface area contributed by atoms with Crippen molar-refractivity contribution in [2.45, 2.75) is 11.3 Å². The van der Waals surface area contributed by atoms with Crippen molar-refractivity contribution in [1.29, 1.82) is 0 Å². The van der Waals surface area contributed by atoms with Gasteiger partial charge in [0, 0.05) is 25.1 Å². The molecule has 0 aliphatic carbocycles. The maximum atomic E-state index is 12.9. The molecule has 12 heteroatoms. The number of benzene rings is 1. The summed E-state index contributed by atoms with van der Waals surface area (Å²) in [6, 6.07) is 3.18. The molecular formula is C16H12ClF3N6OS. The smallest absolute Gasteiger partial charge is 0.325 e.